The second-order valence-electron chi connectivity index (χ2n) is 3.03. The molecule has 0 N–H and O–H groups in total. The summed E-state index contributed by atoms with van der Waals surface area (Å²) in [4.78, 5) is 4.25. The Morgan fingerprint density at radius 3 is 2.83 bits per heavy atom. The van der Waals surface area contributed by atoms with Gasteiger partial charge >= 0.3 is 0 Å². The van der Waals surface area contributed by atoms with E-state index >= 15 is 0 Å². The lowest BCUT2D eigenvalue weighted by Gasteiger charge is -2.06. The Kier molecular flexibility index (Phi) is 2.05. The lowest BCUT2D eigenvalue weighted by Crippen LogP contribution is -1.98. The van der Waals surface area contributed by atoms with Crippen molar-refractivity contribution < 1.29 is 4.74 Å². The molecule has 3 heteroatoms. The Balaban J connectivity index is 2.18. The van der Waals surface area contributed by atoms with Crippen LogP contribution in [0, 0.1) is 6.92 Å². The fraction of sp³-hybridized carbons (Fsp3) is 0.444. The second kappa shape index (κ2) is 3.05. The molecule has 0 amide bonds. The molecule has 0 radical (unpaired) electrons. The molecule has 0 aromatic carbocycles. The molecule has 12 heavy (non-hydrogen) atoms. The van der Waals surface area contributed by atoms with E-state index < -0.39 is 0 Å². The van der Waals surface area contributed by atoms with E-state index in [1.54, 1.807) is 0 Å². The van der Waals surface area contributed by atoms with Gasteiger partial charge in [-0.05, 0) is 47.8 Å². The molecule has 1 aliphatic carbocycles. The van der Waals surface area contributed by atoms with Crippen molar-refractivity contribution in [3.8, 4) is 5.75 Å². The third-order valence-corrected chi connectivity index (χ3v) is 2.26. The molecule has 0 atom stereocenters. The van der Waals surface area contributed by atoms with Gasteiger partial charge in [0.05, 0.1) is 11.8 Å². The first-order valence-electron chi connectivity index (χ1n) is 4.05. The third kappa shape index (κ3) is 1.78. The van der Waals surface area contributed by atoms with Gasteiger partial charge in [0.1, 0.15) is 10.4 Å². The molecule has 64 valence electrons. The number of halogens is 1. The van der Waals surface area contributed by atoms with Crippen molar-refractivity contribution in [2.45, 2.75) is 25.9 Å². The minimum absolute atomic E-state index is 0.451. The summed E-state index contributed by atoms with van der Waals surface area (Å²) in [6, 6.07) is 3.87. The molecular formula is C9H10BrNO. The van der Waals surface area contributed by atoms with Crippen LogP contribution < -0.4 is 4.74 Å². The van der Waals surface area contributed by atoms with Crippen LogP contribution in [0.5, 0.6) is 5.75 Å². The molecular weight excluding hydrogens is 218 g/mol. The molecule has 0 bridgehead atoms. The van der Waals surface area contributed by atoms with Gasteiger partial charge in [-0.25, -0.2) is 4.98 Å². The van der Waals surface area contributed by atoms with Crippen LogP contribution in [0.1, 0.15) is 18.5 Å². The maximum atomic E-state index is 5.63. The number of nitrogens with zero attached hydrogens (tertiary/aromatic N) is 1. The summed E-state index contributed by atoms with van der Waals surface area (Å²) >= 11 is 3.31. The van der Waals surface area contributed by atoms with Crippen LogP contribution in [0.15, 0.2) is 16.7 Å². The van der Waals surface area contributed by atoms with Gasteiger partial charge in [0.15, 0.2) is 0 Å². The quantitative estimate of drug-likeness (QED) is 0.726. The van der Waals surface area contributed by atoms with E-state index in [2.05, 4.69) is 20.9 Å². The summed E-state index contributed by atoms with van der Waals surface area (Å²) in [5, 5.41) is 0. The molecule has 0 saturated heterocycles. The molecule has 0 aliphatic heterocycles. The fourth-order valence-electron chi connectivity index (χ4n) is 1.01. The minimum atomic E-state index is 0.451. The number of hydrogen-bond acceptors (Lipinski definition) is 2. The lowest BCUT2D eigenvalue weighted by molar-refractivity contribution is 0.299. The number of rotatable bonds is 2. The summed E-state index contributed by atoms with van der Waals surface area (Å²) in [7, 11) is 0. The molecule has 0 spiro atoms. The average Bonchev–Trinajstić information content (AvgIpc) is 2.79. The normalized spacial score (nSPS) is 16.2. The van der Waals surface area contributed by atoms with E-state index in [1.165, 1.54) is 12.8 Å². The lowest BCUT2D eigenvalue weighted by atomic mass is 10.3. The standard InChI is InChI=1S/C9H10BrNO/c1-6-8(12-7-2-3-7)4-5-9(10)11-6/h4-5,7H,2-3H2,1H3. The van der Waals surface area contributed by atoms with Crippen molar-refractivity contribution in [3.63, 3.8) is 0 Å². The van der Waals surface area contributed by atoms with Crippen LogP contribution >= 0.6 is 15.9 Å². The Morgan fingerprint density at radius 1 is 1.50 bits per heavy atom. The maximum Gasteiger partial charge on any atom is 0.140 e. The summed E-state index contributed by atoms with van der Waals surface area (Å²) in [5.74, 6) is 0.917. The molecule has 2 nitrogen and oxygen atoms in total. The fourth-order valence-corrected chi connectivity index (χ4v) is 1.41. The molecule has 1 saturated carbocycles. The smallest absolute Gasteiger partial charge is 0.140 e. The predicted octanol–water partition coefficient (Wildman–Crippen LogP) is 2.69. The Hall–Kier alpha value is -0.570. The van der Waals surface area contributed by atoms with E-state index in [-0.39, 0.29) is 0 Å². The van der Waals surface area contributed by atoms with Crippen LogP contribution in [-0.2, 0) is 0 Å². The number of hydrogen-bond donors (Lipinski definition) is 0. The second-order valence-corrected chi connectivity index (χ2v) is 3.85. The predicted molar refractivity (Wildman–Crippen MR) is 50.3 cm³/mol. The van der Waals surface area contributed by atoms with Crippen molar-refractivity contribution >= 4 is 15.9 Å². The van der Waals surface area contributed by atoms with Gasteiger partial charge in [-0.15, -0.1) is 0 Å². The first-order valence-corrected chi connectivity index (χ1v) is 4.85. The zero-order valence-corrected chi connectivity index (χ0v) is 8.47. The largest absolute Gasteiger partial charge is 0.489 e. The summed E-state index contributed by atoms with van der Waals surface area (Å²) in [6.45, 7) is 1.96. The van der Waals surface area contributed by atoms with Gasteiger partial charge in [-0.2, -0.15) is 0 Å². The van der Waals surface area contributed by atoms with Crippen molar-refractivity contribution in [2.75, 3.05) is 0 Å². The van der Waals surface area contributed by atoms with Gasteiger partial charge in [0.2, 0.25) is 0 Å². The minimum Gasteiger partial charge on any atom is -0.489 e. The van der Waals surface area contributed by atoms with Crippen LogP contribution in [0.3, 0.4) is 0 Å². The third-order valence-electron chi connectivity index (χ3n) is 1.82. The number of aromatic nitrogens is 1. The van der Waals surface area contributed by atoms with Gasteiger partial charge in [0, 0.05) is 0 Å². The van der Waals surface area contributed by atoms with Gasteiger partial charge in [-0.3, -0.25) is 0 Å². The zero-order chi connectivity index (χ0) is 8.55. The first kappa shape index (κ1) is 8.05. The number of ether oxygens (including phenoxy) is 1. The van der Waals surface area contributed by atoms with Crippen LogP contribution in [-0.4, -0.2) is 11.1 Å². The van der Waals surface area contributed by atoms with Crippen LogP contribution in [0.4, 0.5) is 0 Å². The van der Waals surface area contributed by atoms with Gasteiger partial charge < -0.3 is 4.74 Å². The summed E-state index contributed by atoms with van der Waals surface area (Å²) < 4.78 is 6.49. The maximum absolute atomic E-state index is 5.63. The van der Waals surface area contributed by atoms with Crippen molar-refractivity contribution in [1.82, 2.24) is 4.98 Å². The first-order chi connectivity index (χ1) is 5.75. The summed E-state index contributed by atoms with van der Waals surface area (Å²) in [6.07, 6.45) is 2.83. The van der Waals surface area contributed by atoms with Gasteiger partial charge in [0.25, 0.3) is 0 Å². The number of pyridine rings is 1. The Bertz CT molecular complexity index is 297. The Labute approximate surface area is 80.1 Å². The Morgan fingerprint density at radius 2 is 2.25 bits per heavy atom. The van der Waals surface area contributed by atoms with Crippen molar-refractivity contribution in [2.24, 2.45) is 0 Å². The molecule has 1 aliphatic rings. The highest BCUT2D eigenvalue weighted by molar-refractivity contribution is 9.10. The highest BCUT2D eigenvalue weighted by Gasteiger charge is 2.24. The topological polar surface area (TPSA) is 22.1 Å². The summed E-state index contributed by atoms with van der Waals surface area (Å²) in [5.41, 5.74) is 0.955. The monoisotopic (exact) mass is 227 g/mol. The molecule has 1 heterocycles. The van der Waals surface area contributed by atoms with E-state index in [0.29, 0.717) is 6.10 Å². The number of aryl methyl sites for hydroxylation is 1. The van der Waals surface area contributed by atoms with E-state index in [9.17, 15) is 0 Å². The van der Waals surface area contributed by atoms with Crippen molar-refractivity contribution in [1.29, 1.82) is 0 Å². The molecule has 1 fully saturated rings. The molecule has 1 aromatic rings. The van der Waals surface area contributed by atoms with Gasteiger partial charge in [-0.1, -0.05) is 0 Å². The highest BCUT2D eigenvalue weighted by Crippen LogP contribution is 2.28. The highest BCUT2D eigenvalue weighted by atomic mass is 79.9. The van der Waals surface area contributed by atoms with Crippen LogP contribution in [0.2, 0.25) is 0 Å². The molecule has 0 unspecified atom stereocenters. The van der Waals surface area contributed by atoms with E-state index in [0.717, 1.165) is 16.0 Å². The molecule has 2 rings (SSSR count). The SMILES string of the molecule is Cc1nc(Br)ccc1OC1CC1. The van der Waals surface area contributed by atoms with E-state index in [4.69, 9.17) is 4.74 Å². The van der Waals surface area contributed by atoms with Crippen LogP contribution in [0.25, 0.3) is 0 Å². The average molecular weight is 228 g/mol. The molecule has 1 aromatic heterocycles. The van der Waals surface area contributed by atoms with Crippen molar-refractivity contribution in [3.05, 3.63) is 22.4 Å². The zero-order valence-electron chi connectivity index (χ0n) is 6.88. The van der Waals surface area contributed by atoms with E-state index in [1.807, 2.05) is 19.1 Å².